The molecule has 5 nitrogen and oxygen atoms in total. The monoisotopic (exact) mass is 371 g/mol. The largest absolute Gasteiger partial charge is 0.435 e. The van der Waals surface area contributed by atoms with Crippen LogP contribution < -0.4 is 10.1 Å². The van der Waals surface area contributed by atoms with E-state index in [0.717, 1.165) is 35.8 Å². The van der Waals surface area contributed by atoms with Gasteiger partial charge in [-0.2, -0.15) is 8.78 Å². The predicted octanol–water partition coefficient (Wildman–Crippen LogP) is 2.73. The molecule has 1 amide bonds. The average molecular weight is 371 g/mol. The molecule has 0 radical (unpaired) electrons. The molecular formula is C17H19F2NO4S. The van der Waals surface area contributed by atoms with E-state index in [1.165, 1.54) is 6.07 Å². The van der Waals surface area contributed by atoms with Crippen LogP contribution in [0.1, 0.15) is 36.4 Å². The summed E-state index contributed by atoms with van der Waals surface area (Å²) in [7, 11) is -3.17. The molecule has 1 heterocycles. The van der Waals surface area contributed by atoms with E-state index < -0.39 is 16.4 Å². The number of aryl methyl sites for hydroxylation is 1. The van der Waals surface area contributed by atoms with Crippen molar-refractivity contribution in [1.82, 2.24) is 5.32 Å². The SMILES string of the molecule is O=C(C[C@@H]1C=CS(=O)(=O)C1)N[C@H]1CCCc2cc(OC(F)F)ccc21. The van der Waals surface area contributed by atoms with Crippen molar-refractivity contribution in [2.24, 2.45) is 5.92 Å². The number of amides is 1. The van der Waals surface area contributed by atoms with E-state index in [4.69, 9.17) is 0 Å². The number of hydrogen-bond acceptors (Lipinski definition) is 4. The van der Waals surface area contributed by atoms with Crippen molar-refractivity contribution in [2.45, 2.75) is 38.3 Å². The summed E-state index contributed by atoms with van der Waals surface area (Å²) in [6.45, 7) is -2.87. The normalized spacial score (nSPS) is 24.1. The molecule has 1 N–H and O–H groups in total. The Balaban J connectivity index is 1.65. The highest BCUT2D eigenvalue weighted by atomic mass is 32.2. The van der Waals surface area contributed by atoms with Gasteiger partial charge in [0.2, 0.25) is 5.91 Å². The summed E-state index contributed by atoms with van der Waals surface area (Å²) in [5.74, 6) is -0.426. The molecule has 25 heavy (non-hydrogen) atoms. The molecule has 8 heteroatoms. The summed E-state index contributed by atoms with van der Waals surface area (Å²) >= 11 is 0. The van der Waals surface area contributed by atoms with Crippen molar-refractivity contribution < 1.29 is 26.7 Å². The van der Waals surface area contributed by atoms with Crippen LogP contribution in [0.15, 0.2) is 29.7 Å². The van der Waals surface area contributed by atoms with Crippen molar-refractivity contribution in [3.05, 3.63) is 40.8 Å². The fourth-order valence-electron chi connectivity index (χ4n) is 3.38. The number of nitrogens with one attached hydrogen (secondary N) is 1. The number of benzene rings is 1. The van der Waals surface area contributed by atoms with Crippen LogP contribution in [0.2, 0.25) is 0 Å². The molecule has 0 saturated carbocycles. The lowest BCUT2D eigenvalue weighted by atomic mass is 9.87. The van der Waals surface area contributed by atoms with Gasteiger partial charge in [-0.25, -0.2) is 8.42 Å². The third-order valence-electron chi connectivity index (χ3n) is 4.44. The van der Waals surface area contributed by atoms with Crippen LogP contribution in [-0.4, -0.2) is 26.7 Å². The lowest BCUT2D eigenvalue weighted by Crippen LogP contribution is -2.32. The van der Waals surface area contributed by atoms with E-state index in [2.05, 4.69) is 10.1 Å². The second-order valence-corrected chi connectivity index (χ2v) is 8.30. The van der Waals surface area contributed by atoms with Crippen LogP contribution in [0, 0.1) is 5.92 Å². The first-order chi connectivity index (χ1) is 11.8. The van der Waals surface area contributed by atoms with Crippen molar-refractivity contribution in [1.29, 1.82) is 0 Å². The Morgan fingerprint density at radius 2 is 2.16 bits per heavy atom. The molecule has 2 atom stereocenters. The van der Waals surface area contributed by atoms with Gasteiger partial charge in [0.15, 0.2) is 9.84 Å². The van der Waals surface area contributed by atoms with Gasteiger partial charge in [-0.3, -0.25) is 4.79 Å². The fraction of sp³-hybridized carbons (Fsp3) is 0.471. The number of alkyl halides is 2. The summed E-state index contributed by atoms with van der Waals surface area (Å²) in [5, 5.41) is 4.09. The number of ether oxygens (including phenoxy) is 1. The zero-order valence-electron chi connectivity index (χ0n) is 13.5. The number of halogens is 2. The number of carbonyl (C=O) groups is 1. The minimum absolute atomic E-state index is 0.0317. The van der Waals surface area contributed by atoms with E-state index >= 15 is 0 Å². The molecule has 0 unspecified atom stereocenters. The van der Waals surface area contributed by atoms with E-state index in [1.54, 1.807) is 18.2 Å². The third-order valence-corrected chi connectivity index (χ3v) is 5.91. The van der Waals surface area contributed by atoms with Gasteiger partial charge in [-0.15, -0.1) is 0 Å². The van der Waals surface area contributed by atoms with E-state index in [9.17, 15) is 22.0 Å². The highest BCUT2D eigenvalue weighted by Crippen LogP contribution is 2.33. The van der Waals surface area contributed by atoms with Crippen molar-refractivity contribution >= 4 is 15.7 Å². The van der Waals surface area contributed by atoms with Crippen LogP contribution in [0.4, 0.5) is 8.78 Å². The summed E-state index contributed by atoms with van der Waals surface area (Å²) in [5.41, 5.74) is 1.79. The maximum absolute atomic E-state index is 12.3. The Labute approximate surface area is 145 Å². The third kappa shape index (κ3) is 4.56. The molecule has 3 rings (SSSR count). The lowest BCUT2D eigenvalue weighted by Gasteiger charge is -2.27. The minimum atomic E-state index is -3.17. The molecule has 1 aliphatic carbocycles. The van der Waals surface area contributed by atoms with Gasteiger partial charge in [-0.05, 0) is 42.5 Å². The van der Waals surface area contributed by atoms with Gasteiger partial charge in [0.1, 0.15) is 5.75 Å². The topological polar surface area (TPSA) is 72.5 Å². The summed E-state index contributed by atoms with van der Waals surface area (Å²) in [6.07, 6.45) is 4.00. The van der Waals surface area contributed by atoms with E-state index in [0.29, 0.717) is 0 Å². The van der Waals surface area contributed by atoms with E-state index in [-0.39, 0.29) is 35.8 Å². The molecule has 0 aromatic heterocycles. The van der Waals surface area contributed by atoms with Crippen molar-refractivity contribution in [2.75, 3.05) is 5.75 Å². The standard InChI is InChI=1S/C17H19F2NO4S/c18-17(19)24-13-4-5-14-12(9-13)2-1-3-15(14)20-16(21)8-11-6-7-25(22,23)10-11/h4-7,9,11,15,17H,1-3,8,10H2,(H,20,21)/t11-,15-/m0/s1. The highest BCUT2D eigenvalue weighted by Gasteiger charge is 2.27. The van der Waals surface area contributed by atoms with Gasteiger partial charge >= 0.3 is 6.61 Å². The minimum Gasteiger partial charge on any atom is -0.435 e. The Kier molecular flexibility index (Phi) is 5.08. The molecule has 0 saturated heterocycles. The zero-order chi connectivity index (χ0) is 18.0. The summed E-state index contributed by atoms with van der Waals surface area (Å²) in [4.78, 5) is 12.2. The molecule has 0 spiro atoms. The Morgan fingerprint density at radius 1 is 1.36 bits per heavy atom. The number of rotatable bonds is 5. The maximum atomic E-state index is 12.3. The Bertz CT molecular complexity index is 792. The number of sulfone groups is 1. The second-order valence-electron chi connectivity index (χ2n) is 6.37. The molecule has 2 aliphatic rings. The predicted molar refractivity (Wildman–Crippen MR) is 87.9 cm³/mol. The first-order valence-electron chi connectivity index (χ1n) is 8.10. The smallest absolute Gasteiger partial charge is 0.387 e. The van der Waals surface area contributed by atoms with Gasteiger partial charge in [-0.1, -0.05) is 12.1 Å². The fourth-order valence-corrected chi connectivity index (χ4v) is 4.77. The molecule has 1 aromatic rings. The molecule has 136 valence electrons. The van der Waals surface area contributed by atoms with Crippen LogP contribution in [0.5, 0.6) is 5.75 Å². The van der Waals surface area contributed by atoms with Gasteiger partial charge < -0.3 is 10.1 Å². The number of fused-ring (bicyclic) bond motifs is 1. The van der Waals surface area contributed by atoms with Crippen LogP contribution in [-0.2, 0) is 21.1 Å². The summed E-state index contributed by atoms with van der Waals surface area (Å²) < 4.78 is 51.9. The highest BCUT2D eigenvalue weighted by molar-refractivity contribution is 7.94. The molecule has 1 aromatic carbocycles. The van der Waals surface area contributed by atoms with Crippen molar-refractivity contribution in [3.63, 3.8) is 0 Å². The number of allylic oxidation sites excluding steroid dienone is 1. The Hall–Kier alpha value is -1.96. The van der Waals surface area contributed by atoms with Gasteiger partial charge in [0, 0.05) is 17.7 Å². The first kappa shape index (κ1) is 17.8. The molecule has 0 bridgehead atoms. The molecule has 1 aliphatic heterocycles. The van der Waals surface area contributed by atoms with Gasteiger partial charge in [0.25, 0.3) is 0 Å². The zero-order valence-corrected chi connectivity index (χ0v) is 14.3. The van der Waals surface area contributed by atoms with Crippen LogP contribution >= 0.6 is 0 Å². The lowest BCUT2D eigenvalue weighted by molar-refractivity contribution is -0.122. The number of carbonyl (C=O) groups excluding carboxylic acids is 1. The maximum Gasteiger partial charge on any atom is 0.387 e. The quantitative estimate of drug-likeness (QED) is 0.864. The summed E-state index contributed by atoms with van der Waals surface area (Å²) in [6, 6.07) is 4.57. The Morgan fingerprint density at radius 3 is 2.84 bits per heavy atom. The first-order valence-corrected chi connectivity index (χ1v) is 9.82. The molecular weight excluding hydrogens is 352 g/mol. The van der Waals surface area contributed by atoms with Crippen LogP contribution in [0.3, 0.4) is 0 Å². The van der Waals surface area contributed by atoms with Gasteiger partial charge in [0.05, 0.1) is 11.8 Å². The number of hydrogen-bond donors (Lipinski definition) is 1. The average Bonchev–Trinajstić information content (AvgIpc) is 2.85. The molecule has 0 fully saturated rings. The van der Waals surface area contributed by atoms with E-state index in [1.807, 2.05) is 0 Å². The van der Waals surface area contributed by atoms with Crippen molar-refractivity contribution in [3.8, 4) is 5.75 Å². The second kappa shape index (κ2) is 7.11. The van der Waals surface area contributed by atoms with Crippen LogP contribution in [0.25, 0.3) is 0 Å².